The van der Waals surface area contributed by atoms with Gasteiger partial charge in [0.1, 0.15) is 5.75 Å². The van der Waals surface area contributed by atoms with Crippen molar-refractivity contribution in [2.45, 2.75) is 20.0 Å². The topological polar surface area (TPSA) is 35.5 Å². The number of methoxy groups -OCH3 is 1. The number of rotatable bonds is 4. The van der Waals surface area contributed by atoms with Crippen molar-refractivity contribution in [2.24, 2.45) is 0 Å². The summed E-state index contributed by atoms with van der Waals surface area (Å²) >= 11 is 0. The molecule has 7 heteroatoms. The van der Waals surface area contributed by atoms with Crippen LogP contribution in [-0.2, 0) is 4.74 Å². The predicted octanol–water partition coefficient (Wildman–Crippen LogP) is 2.31. The van der Waals surface area contributed by atoms with Gasteiger partial charge < -0.3 is 22.4 Å². The molecule has 0 spiro atoms. The molecule has 1 aromatic rings. The number of esters is 1. The van der Waals surface area contributed by atoms with Crippen LogP contribution >= 0.6 is 0 Å². The molecular weight excluding hydrogens is 248 g/mol. The van der Waals surface area contributed by atoms with E-state index in [1.807, 2.05) is 0 Å². The van der Waals surface area contributed by atoms with Crippen LogP contribution < -0.4 is 10.2 Å². The van der Waals surface area contributed by atoms with E-state index in [1.165, 1.54) is 0 Å². The summed E-state index contributed by atoms with van der Waals surface area (Å²) in [5, 5.41) is 0. The van der Waals surface area contributed by atoms with Crippen LogP contribution in [0.1, 0.15) is 24.2 Å². The SMILES string of the molecule is COC(=O)c1cc([B-](F)(F)F)ccc1OC(C)C. The lowest BCUT2D eigenvalue weighted by Gasteiger charge is -2.18. The number of carbonyl (C=O) groups excluding carboxylic acids is 1. The molecule has 18 heavy (non-hydrogen) atoms. The zero-order valence-corrected chi connectivity index (χ0v) is 10.2. The van der Waals surface area contributed by atoms with Gasteiger partial charge in [0.15, 0.2) is 0 Å². The molecule has 1 aromatic carbocycles. The van der Waals surface area contributed by atoms with Crippen molar-refractivity contribution in [3.05, 3.63) is 23.8 Å². The van der Waals surface area contributed by atoms with Crippen molar-refractivity contribution in [3.8, 4) is 5.75 Å². The molecule has 0 aliphatic carbocycles. The molecule has 3 nitrogen and oxygen atoms in total. The summed E-state index contributed by atoms with van der Waals surface area (Å²) in [7, 11) is 1.10. The Morgan fingerprint density at radius 2 is 1.89 bits per heavy atom. The molecular formula is C11H13BF3O3-. The highest BCUT2D eigenvalue weighted by atomic mass is 19.4. The second-order valence-electron chi connectivity index (χ2n) is 3.99. The molecule has 0 unspecified atom stereocenters. The Labute approximate surface area is 103 Å². The lowest BCUT2D eigenvalue weighted by atomic mass is 9.79. The van der Waals surface area contributed by atoms with E-state index in [0.717, 1.165) is 25.3 Å². The van der Waals surface area contributed by atoms with Gasteiger partial charge in [-0.25, -0.2) is 4.79 Å². The van der Waals surface area contributed by atoms with Gasteiger partial charge in [-0.15, -0.1) is 5.46 Å². The molecule has 100 valence electrons. The predicted molar refractivity (Wildman–Crippen MR) is 62.3 cm³/mol. The maximum atomic E-state index is 12.6. The number of benzene rings is 1. The Bertz CT molecular complexity index is 444. The maximum Gasteiger partial charge on any atom is 0.509 e. The maximum absolute atomic E-state index is 12.6. The number of ether oxygens (including phenoxy) is 2. The van der Waals surface area contributed by atoms with Gasteiger partial charge in [-0.1, -0.05) is 12.1 Å². The summed E-state index contributed by atoms with van der Waals surface area (Å²) in [6.07, 6.45) is -0.254. The van der Waals surface area contributed by atoms with E-state index in [-0.39, 0.29) is 17.4 Å². The van der Waals surface area contributed by atoms with Crippen LogP contribution in [0.15, 0.2) is 18.2 Å². The average Bonchev–Trinajstić information content (AvgIpc) is 2.26. The van der Waals surface area contributed by atoms with Crippen molar-refractivity contribution in [2.75, 3.05) is 7.11 Å². The van der Waals surface area contributed by atoms with Gasteiger partial charge in [-0.2, -0.15) is 0 Å². The highest BCUT2D eigenvalue weighted by Gasteiger charge is 2.27. The fourth-order valence-electron chi connectivity index (χ4n) is 1.38. The number of hydrogen-bond acceptors (Lipinski definition) is 3. The minimum absolute atomic E-state index is 0.0839. The van der Waals surface area contributed by atoms with Gasteiger partial charge in [-0.05, 0) is 19.9 Å². The fraction of sp³-hybridized carbons (Fsp3) is 0.364. The summed E-state index contributed by atoms with van der Waals surface area (Å²) in [5.74, 6) is -0.770. The summed E-state index contributed by atoms with van der Waals surface area (Å²) < 4.78 is 47.5. The minimum Gasteiger partial charge on any atom is -0.490 e. The third-order valence-electron chi connectivity index (χ3n) is 2.15. The quantitative estimate of drug-likeness (QED) is 0.616. The van der Waals surface area contributed by atoms with Gasteiger partial charge in [0, 0.05) is 0 Å². The highest BCUT2D eigenvalue weighted by Crippen LogP contribution is 2.21. The Kier molecular flexibility index (Phi) is 4.26. The second-order valence-corrected chi connectivity index (χ2v) is 3.99. The number of carbonyl (C=O) groups is 1. The molecule has 0 aromatic heterocycles. The molecule has 0 saturated heterocycles. The lowest BCUT2D eigenvalue weighted by Crippen LogP contribution is -2.34. The molecule has 0 amide bonds. The van der Waals surface area contributed by atoms with Crippen molar-refractivity contribution in [1.82, 2.24) is 0 Å². The number of halogens is 3. The molecule has 0 saturated carbocycles. The first-order chi connectivity index (χ1) is 8.25. The zero-order chi connectivity index (χ0) is 13.9. The Morgan fingerprint density at radius 3 is 2.33 bits per heavy atom. The van der Waals surface area contributed by atoms with Crippen molar-refractivity contribution in [3.63, 3.8) is 0 Å². The monoisotopic (exact) mass is 261 g/mol. The molecule has 1 rings (SSSR count). The van der Waals surface area contributed by atoms with Gasteiger partial charge >= 0.3 is 12.9 Å². The normalized spacial score (nSPS) is 11.5. The first kappa shape index (κ1) is 14.4. The minimum atomic E-state index is -5.16. The first-order valence-corrected chi connectivity index (χ1v) is 5.34. The molecule has 0 atom stereocenters. The lowest BCUT2D eigenvalue weighted by molar-refractivity contribution is 0.0594. The van der Waals surface area contributed by atoms with Gasteiger partial charge in [0.2, 0.25) is 0 Å². The third-order valence-corrected chi connectivity index (χ3v) is 2.15. The van der Waals surface area contributed by atoms with Gasteiger partial charge in [-0.3, -0.25) is 0 Å². The molecule has 0 radical (unpaired) electrons. The fourth-order valence-corrected chi connectivity index (χ4v) is 1.38. The van der Waals surface area contributed by atoms with Crippen LogP contribution in [0.25, 0.3) is 0 Å². The summed E-state index contributed by atoms with van der Waals surface area (Å²) in [5.41, 5.74) is -1.07. The van der Waals surface area contributed by atoms with E-state index >= 15 is 0 Å². The molecule has 0 fully saturated rings. The molecule has 0 bridgehead atoms. The van der Waals surface area contributed by atoms with Crippen LogP contribution in [0.2, 0.25) is 0 Å². The van der Waals surface area contributed by atoms with E-state index in [9.17, 15) is 17.7 Å². The van der Waals surface area contributed by atoms with Crippen LogP contribution in [0, 0.1) is 0 Å². The summed E-state index contributed by atoms with van der Waals surface area (Å²) in [6.45, 7) is -1.74. The summed E-state index contributed by atoms with van der Waals surface area (Å²) in [6, 6.07) is 2.78. The Hall–Kier alpha value is -1.66. The van der Waals surface area contributed by atoms with Gasteiger partial charge in [0.25, 0.3) is 0 Å². The largest absolute Gasteiger partial charge is 0.509 e. The molecule has 0 N–H and O–H groups in total. The first-order valence-electron chi connectivity index (χ1n) is 5.34. The third kappa shape index (κ3) is 3.42. The van der Waals surface area contributed by atoms with Crippen LogP contribution in [0.5, 0.6) is 5.75 Å². The van der Waals surface area contributed by atoms with Crippen molar-refractivity contribution in [1.29, 1.82) is 0 Å². The highest BCUT2D eigenvalue weighted by molar-refractivity contribution is 6.73. The van der Waals surface area contributed by atoms with E-state index in [0.29, 0.717) is 0 Å². The van der Waals surface area contributed by atoms with E-state index < -0.39 is 18.4 Å². The van der Waals surface area contributed by atoms with Crippen molar-refractivity contribution < 1.29 is 27.2 Å². The van der Waals surface area contributed by atoms with Crippen LogP contribution in [0.3, 0.4) is 0 Å². The van der Waals surface area contributed by atoms with E-state index in [1.54, 1.807) is 13.8 Å². The van der Waals surface area contributed by atoms with Crippen molar-refractivity contribution >= 4 is 18.4 Å². The van der Waals surface area contributed by atoms with E-state index in [4.69, 9.17) is 4.74 Å². The number of hydrogen-bond donors (Lipinski definition) is 0. The zero-order valence-electron chi connectivity index (χ0n) is 10.2. The Balaban J connectivity index is 3.25. The van der Waals surface area contributed by atoms with E-state index in [2.05, 4.69) is 4.74 Å². The average molecular weight is 261 g/mol. The summed E-state index contributed by atoms with van der Waals surface area (Å²) in [4.78, 5) is 11.4. The smallest absolute Gasteiger partial charge is 0.490 e. The Morgan fingerprint density at radius 1 is 1.28 bits per heavy atom. The standard InChI is InChI=1S/C11H13BF3O3/c1-7(2)18-10-5-4-8(12(13,14)15)6-9(10)11(16)17-3/h4-7H,1-3H3/q-1. The molecule has 0 heterocycles. The molecule has 0 aliphatic rings. The second kappa shape index (κ2) is 5.33. The van der Waals surface area contributed by atoms with Crippen LogP contribution in [0.4, 0.5) is 12.9 Å². The van der Waals surface area contributed by atoms with Gasteiger partial charge in [0.05, 0.1) is 18.8 Å². The molecule has 0 aliphatic heterocycles. The van der Waals surface area contributed by atoms with Crippen LogP contribution in [-0.4, -0.2) is 26.2 Å².